The van der Waals surface area contributed by atoms with Crippen LogP contribution in [0.4, 0.5) is 0 Å². The van der Waals surface area contributed by atoms with Crippen molar-refractivity contribution >= 4 is 11.6 Å². The van der Waals surface area contributed by atoms with Crippen LogP contribution in [0.15, 0.2) is 17.3 Å². The molecule has 3 heteroatoms. The molecule has 1 fully saturated rings. The Bertz CT molecular complexity index is 333. The van der Waals surface area contributed by atoms with Crippen molar-refractivity contribution < 1.29 is 4.79 Å². The monoisotopic (exact) mass is 234 g/mol. The molecule has 3 nitrogen and oxygen atoms in total. The van der Waals surface area contributed by atoms with Gasteiger partial charge in [-0.2, -0.15) is 5.10 Å². The largest absolute Gasteiger partial charge is 0.273 e. The van der Waals surface area contributed by atoms with E-state index in [4.69, 9.17) is 0 Å². The first-order chi connectivity index (χ1) is 8.31. The van der Waals surface area contributed by atoms with E-state index in [0.717, 1.165) is 25.7 Å². The maximum Gasteiger partial charge on any atom is 0.240 e. The minimum atomic E-state index is 0.0722. The number of fused-ring (bicyclic) bond motifs is 1. The summed E-state index contributed by atoms with van der Waals surface area (Å²) >= 11 is 0. The van der Waals surface area contributed by atoms with Gasteiger partial charge in [0, 0.05) is 18.1 Å². The molecule has 2 aliphatic carbocycles. The Morgan fingerprint density at radius 3 is 3.12 bits per heavy atom. The summed E-state index contributed by atoms with van der Waals surface area (Å²) in [7, 11) is 0. The van der Waals surface area contributed by atoms with Gasteiger partial charge in [-0.3, -0.25) is 4.79 Å². The van der Waals surface area contributed by atoms with Crippen LogP contribution in [0.2, 0.25) is 0 Å². The molecule has 94 valence electrons. The number of nitrogens with one attached hydrogen (secondary N) is 1. The molecule has 0 unspecified atom stereocenters. The van der Waals surface area contributed by atoms with E-state index in [9.17, 15) is 4.79 Å². The van der Waals surface area contributed by atoms with Gasteiger partial charge < -0.3 is 0 Å². The number of carbonyl (C=O) groups is 1. The molecule has 1 N–H and O–H groups in total. The lowest BCUT2D eigenvalue weighted by Gasteiger charge is -2.31. The first kappa shape index (κ1) is 12.3. The van der Waals surface area contributed by atoms with Crippen LogP contribution in [0.25, 0.3) is 0 Å². The standard InChI is InChI=1S/C14H22N2O/c1-2-3-4-5-9-14(17)16-15-13-10-11-7-6-8-12(11)13/h6-7,11-12H,2-5,8-10H2,1H3,(H,16,17)/b15-13+/t11-,12+/m1/s1. The number of hydrogen-bond acceptors (Lipinski definition) is 2. The van der Waals surface area contributed by atoms with Crippen LogP contribution >= 0.6 is 0 Å². The maximum atomic E-state index is 11.5. The summed E-state index contributed by atoms with van der Waals surface area (Å²) in [6.45, 7) is 2.18. The van der Waals surface area contributed by atoms with E-state index in [1.165, 1.54) is 18.6 Å². The predicted octanol–water partition coefficient (Wildman–Crippen LogP) is 3.03. The van der Waals surface area contributed by atoms with Gasteiger partial charge in [0.05, 0.1) is 0 Å². The fourth-order valence-electron chi connectivity index (χ4n) is 2.57. The minimum absolute atomic E-state index is 0.0722. The van der Waals surface area contributed by atoms with Crippen LogP contribution in [0.5, 0.6) is 0 Å². The van der Waals surface area contributed by atoms with Gasteiger partial charge in [-0.1, -0.05) is 38.3 Å². The molecular formula is C14H22N2O. The van der Waals surface area contributed by atoms with Crippen LogP contribution in [0.3, 0.4) is 0 Å². The summed E-state index contributed by atoms with van der Waals surface area (Å²) in [5, 5.41) is 4.25. The topological polar surface area (TPSA) is 41.5 Å². The number of amides is 1. The highest BCUT2D eigenvalue weighted by molar-refractivity contribution is 5.94. The highest BCUT2D eigenvalue weighted by Gasteiger charge is 2.37. The Morgan fingerprint density at radius 1 is 1.47 bits per heavy atom. The van der Waals surface area contributed by atoms with E-state index < -0.39 is 0 Å². The van der Waals surface area contributed by atoms with Crippen LogP contribution in [0.1, 0.15) is 51.9 Å². The average Bonchev–Trinajstić information content (AvgIpc) is 2.67. The van der Waals surface area contributed by atoms with Gasteiger partial charge in [0.15, 0.2) is 0 Å². The van der Waals surface area contributed by atoms with E-state index in [1.807, 2.05) is 0 Å². The lowest BCUT2D eigenvalue weighted by atomic mass is 9.74. The van der Waals surface area contributed by atoms with Crippen molar-refractivity contribution in [2.24, 2.45) is 16.9 Å². The van der Waals surface area contributed by atoms with E-state index in [1.54, 1.807) is 0 Å². The molecule has 1 amide bonds. The Morgan fingerprint density at radius 2 is 2.35 bits per heavy atom. The zero-order chi connectivity index (χ0) is 12.1. The Kier molecular flexibility index (Phi) is 4.35. The maximum absolute atomic E-state index is 11.5. The van der Waals surface area contributed by atoms with Crippen molar-refractivity contribution in [2.75, 3.05) is 0 Å². The van der Waals surface area contributed by atoms with Gasteiger partial charge in [-0.05, 0) is 25.2 Å². The first-order valence-electron chi connectivity index (χ1n) is 6.83. The van der Waals surface area contributed by atoms with Crippen molar-refractivity contribution in [1.82, 2.24) is 5.43 Å². The zero-order valence-corrected chi connectivity index (χ0v) is 10.6. The lowest BCUT2D eigenvalue weighted by Crippen LogP contribution is -2.35. The molecule has 0 bridgehead atoms. The van der Waals surface area contributed by atoms with E-state index in [2.05, 4.69) is 29.6 Å². The number of carbonyl (C=O) groups excluding carboxylic acids is 1. The number of hydrazone groups is 1. The second-order valence-electron chi connectivity index (χ2n) is 5.09. The van der Waals surface area contributed by atoms with E-state index in [0.29, 0.717) is 18.3 Å². The molecule has 0 aromatic rings. The van der Waals surface area contributed by atoms with Gasteiger partial charge in [0.1, 0.15) is 0 Å². The third-order valence-electron chi connectivity index (χ3n) is 3.74. The van der Waals surface area contributed by atoms with Gasteiger partial charge in [0.2, 0.25) is 5.91 Å². The first-order valence-corrected chi connectivity index (χ1v) is 6.83. The molecular weight excluding hydrogens is 212 g/mol. The average molecular weight is 234 g/mol. The van der Waals surface area contributed by atoms with Crippen LogP contribution in [0, 0.1) is 11.8 Å². The van der Waals surface area contributed by atoms with Crippen molar-refractivity contribution in [3.05, 3.63) is 12.2 Å². The van der Waals surface area contributed by atoms with Gasteiger partial charge in [-0.15, -0.1) is 0 Å². The van der Waals surface area contributed by atoms with Gasteiger partial charge in [0.25, 0.3) is 0 Å². The molecule has 0 aromatic carbocycles. The molecule has 2 atom stereocenters. The SMILES string of the molecule is CCCCCCC(=O)N/N=C1\C[C@H]2C=CC[C@H]12. The molecule has 17 heavy (non-hydrogen) atoms. The third kappa shape index (κ3) is 3.18. The normalized spacial score (nSPS) is 27.9. The summed E-state index contributed by atoms with van der Waals surface area (Å²) in [4.78, 5) is 11.5. The van der Waals surface area contributed by atoms with Gasteiger partial charge in [-0.25, -0.2) is 5.43 Å². The third-order valence-corrected chi connectivity index (χ3v) is 3.74. The fraction of sp³-hybridized carbons (Fsp3) is 0.714. The van der Waals surface area contributed by atoms with Crippen LogP contribution in [-0.4, -0.2) is 11.6 Å². The number of nitrogens with zero attached hydrogens (tertiary/aromatic N) is 1. The van der Waals surface area contributed by atoms with Crippen molar-refractivity contribution in [3.8, 4) is 0 Å². The minimum Gasteiger partial charge on any atom is -0.273 e. The van der Waals surface area contributed by atoms with Crippen LogP contribution < -0.4 is 5.43 Å². The van der Waals surface area contributed by atoms with Crippen molar-refractivity contribution in [3.63, 3.8) is 0 Å². The Hall–Kier alpha value is -1.12. The molecule has 0 aromatic heterocycles. The molecule has 0 aliphatic heterocycles. The quantitative estimate of drug-likeness (QED) is 0.428. The second kappa shape index (κ2) is 5.99. The second-order valence-corrected chi connectivity index (χ2v) is 5.09. The lowest BCUT2D eigenvalue weighted by molar-refractivity contribution is -0.121. The van der Waals surface area contributed by atoms with E-state index >= 15 is 0 Å². The summed E-state index contributed by atoms with van der Waals surface area (Å²) < 4.78 is 0. The van der Waals surface area contributed by atoms with Crippen LogP contribution in [-0.2, 0) is 4.79 Å². The Balaban J connectivity index is 1.61. The summed E-state index contributed by atoms with van der Waals surface area (Å²) in [6.07, 6.45) is 11.8. The number of allylic oxidation sites excluding steroid dienone is 2. The molecule has 2 aliphatic rings. The molecule has 2 rings (SSSR count). The zero-order valence-electron chi connectivity index (χ0n) is 10.6. The number of rotatable bonds is 6. The fourth-order valence-corrected chi connectivity index (χ4v) is 2.57. The van der Waals surface area contributed by atoms with Gasteiger partial charge >= 0.3 is 0 Å². The number of unbranched alkanes of at least 4 members (excludes halogenated alkanes) is 3. The summed E-state index contributed by atoms with van der Waals surface area (Å²) in [6, 6.07) is 0. The highest BCUT2D eigenvalue weighted by Crippen LogP contribution is 2.39. The number of hydrogen-bond donors (Lipinski definition) is 1. The summed E-state index contributed by atoms with van der Waals surface area (Å²) in [5.74, 6) is 1.37. The molecule has 0 heterocycles. The molecule has 0 radical (unpaired) electrons. The smallest absolute Gasteiger partial charge is 0.240 e. The highest BCUT2D eigenvalue weighted by atomic mass is 16.2. The summed E-state index contributed by atoms with van der Waals surface area (Å²) in [5.41, 5.74) is 3.88. The van der Waals surface area contributed by atoms with Crippen molar-refractivity contribution in [2.45, 2.75) is 51.9 Å². The molecule has 0 spiro atoms. The molecule has 0 saturated heterocycles. The Labute approximate surface area is 103 Å². The van der Waals surface area contributed by atoms with Crippen molar-refractivity contribution in [1.29, 1.82) is 0 Å². The van der Waals surface area contributed by atoms with E-state index in [-0.39, 0.29) is 5.91 Å². The molecule has 1 saturated carbocycles. The predicted molar refractivity (Wildman–Crippen MR) is 69.7 cm³/mol.